The molecule has 5 nitrogen and oxygen atoms in total. The first-order chi connectivity index (χ1) is 16.0. The van der Waals surface area contributed by atoms with Crippen LogP contribution in [-0.2, 0) is 22.4 Å². The van der Waals surface area contributed by atoms with Crippen LogP contribution in [0.1, 0.15) is 23.6 Å². The van der Waals surface area contributed by atoms with Crippen LogP contribution < -0.4 is 0 Å². The first kappa shape index (κ1) is 22.7. The standard InChI is InChI=1S/C28H31N3O2/c1-3-30-14-15-31(27(32)18-23-10-7-13-29-19-23)20-25(28(30)33)17-22-9-6-11-24(16-22)26-12-5-4-8-21(26)2/h4-13,16,19,25H,3,14-15,17-18,20H2,1-2H3. The highest BCUT2D eigenvalue weighted by Crippen LogP contribution is 2.26. The van der Waals surface area contributed by atoms with E-state index in [9.17, 15) is 9.59 Å². The van der Waals surface area contributed by atoms with Crippen LogP contribution in [0, 0.1) is 12.8 Å². The lowest BCUT2D eigenvalue weighted by atomic mass is 9.93. The maximum absolute atomic E-state index is 13.3. The Balaban J connectivity index is 1.54. The van der Waals surface area contributed by atoms with E-state index in [1.54, 1.807) is 12.4 Å². The van der Waals surface area contributed by atoms with Crippen molar-refractivity contribution in [3.05, 3.63) is 89.7 Å². The Morgan fingerprint density at radius 3 is 2.61 bits per heavy atom. The zero-order valence-corrected chi connectivity index (χ0v) is 19.4. The molecular formula is C28H31N3O2. The summed E-state index contributed by atoms with van der Waals surface area (Å²) in [4.78, 5) is 34.2. The molecule has 1 fully saturated rings. The number of pyridine rings is 1. The molecule has 3 aromatic rings. The van der Waals surface area contributed by atoms with Crippen LogP contribution in [0.15, 0.2) is 73.1 Å². The van der Waals surface area contributed by atoms with Gasteiger partial charge in [0.15, 0.2) is 0 Å². The molecule has 0 saturated carbocycles. The molecule has 0 radical (unpaired) electrons. The van der Waals surface area contributed by atoms with Crippen LogP contribution in [-0.4, -0.2) is 52.8 Å². The number of aromatic nitrogens is 1. The first-order valence-electron chi connectivity index (χ1n) is 11.7. The summed E-state index contributed by atoms with van der Waals surface area (Å²) < 4.78 is 0. The van der Waals surface area contributed by atoms with E-state index >= 15 is 0 Å². The number of carbonyl (C=O) groups is 2. The Hall–Kier alpha value is -3.47. The Morgan fingerprint density at radius 1 is 1.03 bits per heavy atom. The van der Waals surface area contributed by atoms with Gasteiger partial charge in [-0.05, 0) is 54.2 Å². The molecule has 2 heterocycles. The van der Waals surface area contributed by atoms with Crippen LogP contribution >= 0.6 is 0 Å². The number of amides is 2. The molecule has 2 aromatic carbocycles. The molecule has 0 bridgehead atoms. The van der Waals surface area contributed by atoms with Gasteiger partial charge in [0.25, 0.3) is 0 Å². The van der Waals surface area contributed by atoms with Crippen LogP contribution in [0.5, 0.6) is 0 Å². The minimum absolute atomic E-state index is 0.0485. The van der Waals surface area contributed by atoms with Crippen molar-refractivity contribution in [1.29, 1.82) is 0 Å². The summed E-state index contributed by atoms with van der Waals surface area (Å²) in [6.07, 6.45) is 4.36. The number of rotatable bonds is 6. The van der Waals surface area contributed by atoms with Crippen LogP contribution in [0.4, 0.5) is 0 Å². The zero-order chi connectivity index (χ0) is 23.2. The number of benzene rings is 2. The second-order valence-corrected chi connectivity index (χ2v) is 8.71. The molecule has 5 heteroatoms. The number of carbonyl (C=O) groups excluding carboxylic acids is 2. The molecular weight excluding hydrogens is 410 g/mol. The fourth-order valence-corrected chi connectivity index (χ4v) is 4.57. The highest BCUT2D eigenvalue weighted by atomic mass is 16.2. The third-order valence-corrected chi connectivity index (χ3v) is 6.42. The van der Waals surface area contributed by atoms with Crippen molar-refractivity contribution in [1.82, 2.24) is 14.8 Å². The maximum Gasteiger partial charge on any atom is 0.227 e. The van der Waals surface area contributed by atoms with Gasteiger partial charge in [-0.15, -0.1) is 0 Å². The molecule has 0 N–H and O–H groups in total. The molecule has 1 unspecified atom stereocenters. The van der Waals surface area contributed by atoms with E-state index in [1.165, 1.54) is 11.1 Å². The number of hydrogen-bond donors (Lipinski definition) is 0. The normalized spacial score (nSPS) is 16.5. The van der Waals surface area contributed by atoms with Gasteiger partial charge in [-0.1, -0.05) is 54.6 Å². The molecule has 1 atom stereocenters. The Bertz CT molecular complexity index is 1110. The molecule has 0 aliphatic carbocycles. The van der Waals surface area contributed by atoms with E-state index < -0.39 is 0 Å². The molecule has 1 aliphatic rings. The quantitative estimate of drug-likeness (QED) is 0.578. The zero-order valence-electron chi connectivity index (χ0n) is 19.4. The van der Waals surface area contributed by atoms with Gasteiger partial charge >= 0.3 is 0 Å². The van der Waals surface area contributed by atoms with Crippen LogP contribution in [0.2, 0.25) is 0 Å². The van der Waals surface area contributed by atoms with Gasteiger partial charge in [0.2, 0.25) is 11.8 Å². The summed E-state index contributed by atoms with van der Waals surface area (Å²) in [5.74, 6) is -0.0692. The average Bonchev–Trinajstić information content (AvgIpc) is 2.99. The summed E-state index contributed by atoms with van der Waals surface area (Å²) in [6.45, 7) is 6.36. The summed E-state index contributed by atoms with van der Waals surface area (Å²) in [6, 6.07) is 20.5. The molecule has 170 valence electrons. The lowest BCUT2D eigenvalue weighted by molar-refractivity contribution is -0.134. The molecule has 33 heavy (non-hydrogen) atoms. The van der Waals surface area contributed by atoms with E-state index in [4.69, 9.17) is 0 Å². The van der Waals surface area contributed by atoms with Crippen molar-refractivity contribution in [2.45, 2.75) is 26.7 Å². The number of aryl methyl sites for hydroxylation is 1. The van der Waals surface area contributed by atoms with Gasteiger partial charge in [0, 0.05) is 38.6 Å². The van der Waals surface area contributed by atoms with Crippen molar-refractivity contribution in [3.8, 4) is 11.1 Å². The molecule has 1 saturated heterocycles. The van der Waals surface area contributed by atoms with Gasteiger partial charge in [0.05, 0.1) is 12.3 Å². The summed E-state index contributed by atoms with van der Waals surface area (Å²) in [5.41, 5.74) is 5.60. The average molecular weight is 442 g/mol. The topological polar surface area (TPSA) is 53.5 Å². The fraction of sp³-hybridized carbons (Fsp3) is 0.321. The van der Waals surface area contributed by atoms with E-state index in [-0.39, 0.29) is 17.7 Å². The van der Waals surface area contributed by atoms with Gasteiger partial charge in [-0.2, -0.15) is 0 Å². The third kappa shape index (κ3) is 5.48. The molecule has 4 rings (SSSR count). The highest BCUT2D eigenvalue weighted by molar-refractivity contribution is 5.83. The van der Waals surface area contributed by atoms with Gasteiger partial charge < -0.3 is 9.80 Å². The van der Waals surface area contributed by atoms with Crippen molar-refractivity contribution in [3.63, 3.8) is 0 Å². The Kier molecular flexibility index (Phi) is 7.18. The van der Waals surface area contributed by atoms with E-state index in [0.717, 1.165) is 16.7 Å². The van der Waals surface area contributed by atoms with E-state index in [0.29, 0.717) is 39.0 Å². The van der Waals surface area contributed by atoms with Gasteiger partial charge in [-0.25, -0.2) is 0 Å². The number of hydrogen-bond acceptors (Lipinski definition) is 3. The van der Waals surface area contributed by atoms with Crippen molar-refractivity contribution >= 4 is 11.8 Å². The molecule has 0 spiro atoms. The lowest BCUT2D eigenvalue weighted by Gasteiger charge is -2.24. The minimum Gasteiger partial charge on any atom is -0.341 e. The molecule has 1 aromatic heterocycles. The minimum atomic E-state index is -0.252. The first-order valence-corrected chi connectivity index (χ1v) is 11.7. The van der Waals surface area contributed by atoms with E-state index in [2.05, 4.69) is 54.4 Å². The predicted molar refractivity (Wildman–Crippen MR) is 131 cm³/mol. The SMILES string of the molecule is CCN1CCN(C(=O)Cc2cccnc2)CC(Cc2cccc(-c3ccccc3C)c2)C1=O. The summed E-state index contributed by atoms with van der Waals surface area (Å²) >= 11 is 0. The van der Waals surface area contributed by atoms with E-state index in [1.807, 2.05) is 34.9 Å². The smallest absolute Gasteiger partial charge is 0.227 e. The van der Waals surface area contributed by atoms with Crippen molar-refractivity contribution in [2.75, 3.05) is 26.2 Å². The summed E-state index contributed by atoms with van der Waals surface area (Å²) in [5, 5.41) is 0. The largest absolute Gasteiger partial charge is 0.341 e. The van der Waals surface area contributed by atoms with Crippen molar-refractivity contribution in [2.24, 2.45) is 5.92 Å². The predicted octanol–water partition coefficient (Wildman–Crippen LogP) is 4.15. The van der Waals surface area contributed by atoms with Crippen molar-refractivity contribution < 1.29 is 9.59 Å². The molecule has 1 aliphatic heterocycles. The number of nitrogens with zero attached hydrogens (tertiary/aromatic N) is 3. The second-order valence-electron chi connectivity index (χ2n) is 8.71. The van der Waals surface area contributed by atoms with Gasteiger partial charge in [-0.3, -0.25) is 14.6 Å². The fourth-order valence-electron chi connectivity index (χ4n) is 4.57. The summed E-state index contributed by atoms with van der Waals surface area (Å²) in [7, 11) is 0. The van der Waals surface area contributed by atoms with Crippen LogP contribution in [0.25, 0.3) is 11.1 Å². The third-order valence-electron chi connectivity index (χ3n) is 6.42. The monoisotopic (exact) mass is 441 g/mol. The van der Waals surface area contributed by atoms with Gasteiger partial charge in [0.1, 0.15) is 0 Å². The lowest BCUT2D eigenvalue weighted by Crippen LogP contribution is -2.38. The Morgan fingerprint density at radius 2 is 1.85 bits per heavy atom. The second kappa shape index (κ2) is 10.4. The van der Waals surface area contributed by atoms with Crippen LogP contribution in [0.3, 0.4) is 0 Å². The highest BCUT2D eigenvalue weighted by Gasteiger charge is 2.31. The number of likely N-dealkylation sites (N-methyl/N-ethyl adjacent to an activating group) is 1. The Labute approximate surface area is 196 Å². The maximum atomic E-state index is 13.3. The molecule has 2 amide bonds.